The molecule has 0 spiro atoms. The number of likely N-dealkylation sites (tertiary alicyclic amines) is 1. The van der Waals surface area contributed by atoms with E-state index in [1.54, 1.807) is 24.5 Å². The maximum atomic E-state index is 13.0. The van der Waals surface area contributed by atoms with Crippen LogP contribution in [0.2, 0.25) is 0 Å². The fourth-order valence-corrected chi connectivity index (χ4v) is 3.61. The van der Waals surface area contributed by atoms with E-state index in [-0.39, 0.29) is 17.7 Å². The molecule has 0 atom stereocenters. The van der Waals surface area contributed by atoms with Gasteiger partial charge in [0.15, 0.2) is 0 Å². The first kappa shape index (κ1) is 17.2. The molecule has 4 rings (SSSR count). The maximum Gasteiger partial charge on any atom is 0.254 e. The number of hydrogen-bond donors (Lipinski definition) is 1. The normalized spacial score (nSPS) is 14.9. The molecular formula is C22H21N3O2. The minimum Gasteiger partial charge on any atom is -0.339 e. The van der Waals surface area contributed by atoms with E-state index in [4.69, 9.17) is 0 Å². The quantitative estimate of drug-likeness (QED) is 0.775. The number of nitrogens with one attached hydrogen (secondary N) is 1. The number of benzene rings is 2. The van der Waals surface area contributed by atoms with E-state index in [1.807, 2.05) is 47.4 Å². The smallest absolute Gasteiger partial charge is 0.254 e. The van der Waals surface area contributed by atoms with Crippen LogP contribution < -0.4 is 5.32 Å². The maximum absolute atomic E-state index is 13.0. The Balaban J connectivity index is 1.41. The zero-order valence-electron chi connectivity index (χ0n) is 15.0. The molecule has 3 aromatic rings. The lowest BCUT2D eigenvalue weighted by molar-refractivity contribution is -0.121. The van der Waals surface area contributed by atoms with E-state index in [9.17, 15) is 9.59 Å². The lowest BCUT2D eigenvalue weighted by Gasteiger charge is -2.31. The molecule has 1 aromatic heterocycles. The molecule has 2 amide bonds. The van der Waals surface area contributed by atoms with Gasteiger partial charge in [-0.05, 0) is 41.8 Å². The number of pyridine rings is 1. The number of carbonyl (C=O) groups is 2. The lowest BCUT2D eigenvalue weighted by atomic mass is 9.94. The van der Waals surface area contributed by atoms with Gasteiger partial charge >= 0.3 is 0 Å². The zero-order valence-corrected chi connectivity index (χ0v) is 15.0. The van der Waals surface area contributed by atoms with Gasteiger partial charge in [-0.1, -0.05) is 36.4 Å². The molecule has 0 aliphatic carbocycles. The van der Waals surface area contributed by atoms with Crippen molar-refractivity contribution in [3.8, 4) is 0 Å². The highest BCUT2D eigenvalue weighted by Crippen LogP contribution is 2.24. The number of piperidine rings is 1. The second kappa shape index (κ2) is 7.58. The minimum absolute atomic E-state index is 0.0125. The van der Waals surface area contributed by atoms with Crippen LogP contribution in [-0.4, -0.2) is 34.8 Å². The molecule has 0 saturated carbocycles. The molecule has 0 bridgehead atoms. The van der Waals surface area contributed by atoms with Crippen LogP contribution in [0.4, 0.5) is 5.69 Å². The molecule has 0 unspecified atom stereocenters. The molecule has 1 aliphatic rings. The van der Waals surface area contributed by atoms with Crippen molar-refractivity contribution in [3.05, 3.63) is 72.6 Å². The van der Waals surface area contributed by atoms with Gasteiger partial charge in [-0.15, -0.1) is 0 Å². The Hall–Kier alpha value is -3.21. The van der Waals surface area contributed by atoms with Crippen molar-refractivity contribution in [1.29, 1.82) is 0 Å². The summed E-state index contributed by atoms with van der Waals surface area (Å²) in [6, 6.07) is 17.3. The molecule has 1 N–H and O–H groups in total. The number of fused-ring (bicyclic) bond motifs is 1. The molecule has 5 heteroatoms. The van der Waals surface area contributed by atoms with E-state index in [2.05, 4.69) is 10.3 Å². The van der Waals surface area contributed by atoms with Crippen molar-refractivity contribution in [2.75, 3.05) is 18.4 Å². The summed E-state index contributed by atoms with van der Waals surface area (Å²) in [4.78, 5) is 31.3. The van der Waals surface area contributed by atoms with Crippen LogP contribution in [0.15, 0.2) is 67.0 Å². The number of aromatic nitrogens is 1. The number of carbonyl (C=O) groups excluding carboxylic acids is 2. The average molecular weight is 359 g/mol. The number of hydrogen-bond acceptors (Lipinski definition) is 3. The van der Waals surface area contributed by atoms with E-state index in [0.29, 0.717) is 25.9 Å². The topological polar surface area (TPSA) is 62.3 Å². The standard InChI is InChI=1S/C22H21N3O2/c26-21(24-18-8-12-23-13-9-18)17-10-14-25(15-11-17)22(27)20-7-3-5-16-4-1-2-6-19(16)20/h1-9,12-13,17H,10-11,14-15H2,(H,23,24,26). The first-order chi connectivity index (χ1) is 13.2. The Kier molecular flexibility index (Phi) is 4.83. The van der Waals surface area contributed by atoms with Crippen molar-refractivity contribution in [2.24, 2.45) is 5.92 Å². The fraction of sp³-hybridized carbons (Fsp3) is 0.227. The van der Waals surface area contributed by atoms with E-state index < -0.39 is 0 Å². The van der Waals surface area contributed by atoms with Crippen molar-refractivity contribution in [3.63, 3.8) is 0 Å². The van der Waals surface area contributed by atoms with Crippen LogP contribution in [0.5, 0.6) is 0 Å². The second-order valence-corrected chi connectivity index (χ2v) is 6.82. The number of rotatable bonds is 3. The predicted octanol–water partition coefficient (Wildman–Crippen LogP) is 3.73. The van der Waals surface area contributed by atoms with Gasteiger partial charge in [0.2, 0.25) is 5.91 Å². The second-order valence-electron chi connectivity index (χ2n) is 6.82. The molecule has 1 aliphatic heterocycles. The summed E-state index contributed by atoms with van der Waals surface area (Å²) >= 11 is 0. The summed E-state index contributed by atoms with van der Waals surface area (Å²) in [5.41, 5.74) is 1.48. The Bertz CT molecular complexity index is 958. The van der Waals surface area contributed by atoms with Crippen LogP contribution >= 0.6 is 0 Å². The van der Waals surface area contributed by atoms with Gasteiger partial charge in [-0.2, -0.15) is 0 Å². The van der Waals surface area contributed by atoms with Gasteiger partial charge in [-0.3, -0.25) is 14.6 Å². The molecular weight excluding hydrogens is 338 g/mol. The van der Waals surface area contributed by atoms with E-state index in [1.165, 1.54) is 0 Å². The highest BCUT2D eigenvalue weighted by molar-refractivity contribution is 6.07. The Morgan fingerprint density at radius 1 is 0.926 bits per heavy atom. The molecule has 0 radical (unpaired) electrons. The zero-order chi connectivity index (χ0) is 18.6. The minimum atomic E-state index is -0.0743. The van der Waals surface area contributed by atoms with Crippen molar-refractivity contribution in [1.82, 2.24) is 9.88 Å². The van der Waals surface area contributed by atoms with Crippen molar-refractivity contribution >= 4 is 28.3 Å². The highest BCUT2D eigenvalue weighted by atomic mass is 16.2. The summed E-state index contributed by atoms with van der Waals surface area (Å²) < 4.78 is 0. The average Bonchev–Trinajstić information content (AvgIpc) is 2.73. The molecule has 1 saturated heterocycles. The summed E-state index contributed by atoms with van der Waals surface area (Å²) in [6.45, 7) is 1.19. The molecule has 5 nitrogen and oxygen atoms in total. The molecule has 2 aromatic carbocycles. The first-order valence-corrected chi connectivity index (χ1v) is 9.20. The molecule has 27 heavy (non-hydrogen) atoms. The SMILES string of the molecule is O=C(Nc1ccncc1)C1CCN(C(=O)c2cccc3ccccc23)CC1. The largest absolute Gasteiger partial charge is 0.339 e. The van der Waals surface area contributed by atoms with E-state index in [0.717, 1.165) is 22.0 Å². The van der Waals surface area contributed by atoms with Crippen molar-refractivity contribution < 1.29 is 9.59 Å². The van der Waals surface area contributed by atoms with Gasteiger partial charge in [0.05, 0.1) is 0 Å². The Labute approximate surface area is 158 Å². The number of amides is 2. The van der Waals surface area contributed by atoms with Gasteiger partial charge in [0, 0.05) is 42.7 Å². The monoisotopic (exact) mass is 359 g/mol. The Morgan fingerprint density at radius 3 is 2.41 bits per heavy atom. The van der Waals surface area contributed by atoms with Crippen LogP contribution in [0.25, 0.3) is 10.8 Å². The van der Waals surface area contributed by atoms with Gasteiger partial charge in [0.25, 0.3) is 5.91 Å². The van der Waals surface area contributed by atoms with Gasteiger partial charge < -0.3 is 10.2 Å². The summed E-state index contributed by atoms with van der Waals surface area (Å²) in [6.07, 6.45) is 4.66. The summed E-state index contributed by atoms with van der Waals surface area (Å²) in [7, 11) is 0. The summed E-state index contributed by atoms with van der Waals surface area (Å²) in [5, 5.41) is 4.97. The predicted molar refractivity (Wildman–Crippen MR) is 105 cm³/mol. The van der Waals surface area contributed by atoms with Crippen LogP contribution in [-0.2, 0) is 4.79 Å². The van der Waals surface area contributed by atoms with Crippen LogP contribution in [0.1, 0.15) is 23.2 Å². The first-order valence-electron chi connectivity index (χ1n) is 9.20. The fourth-order valence-electron chi connectivity index (χ4n) is 3.61. The van der Waals surface area contributed by atoms with Gasteiger partial charge in [-0.25, -0.2) is 0 Å². The molecule has 136 valence electrons. The van der Waals surface area contributed by atoms with Crippen molar-refractivity contribution in [2.45, 2.75) is 12.8 Å². The summed E-state index contributed by atoms with van der Waals surface area (Å²) in [5.74, 6) is -0.0204. The highest BCUT2D eigenvalue weighted by Gasteiger charge is 2.28. The third-order valence-corrected chi connectivity index (χ3v) is 5.12. The van der Waals surface area contributed by atoms with Gasteiger partial charge in [0.1, 0.15) is 0 Å². The van der Waals surface area contributed by atoms with Crippen LogP contribution in [0.3, 0.4) is 0 Å². The molecule has 1 fully saturated rings. The van der Waals surface area contributed by atoms with E-state index >= 15 is 0 Å². The third-order valence-electron chi connectivity index (χ3n) is 5.12. The molecule has 2 heterocycles. The number of anilines is 1. The lowest BCUT2D eigenvalue weighted by Crippen LogP contribution is -2.41. The third kappa shape index (κ3) is 3.67. The number of nitrogens with zero attached hydrogens (tertiary/aromatic N) is 2. The Morgan fingerprint density at radius 2 is 1.63 bits per heavy atom. The van der Waals surface area contributed by atoms with Crippen LogP contribution in [0, 0.1) is 5.92 Å².